The SMILES string of the molecule is FCc1nc(C(F)(F)F)cc(OC(F)(F)F)c1Cl. The molecule has 0 saturated carbocycles. The predicted molar refractivity (Wildman–Crippen MR) is 45.7 cm³/mol. The zero-order valence-corrected chi connectivity index (χ0v) is 8.92. The lowest BCUT2D eigenvalue weighted by atomic mass is 10.3. The van der Waals surface area contributed by atoms with E-state index in [9.17, 15) is 30.7 Å². The number of alkyl halides is 7. The average molecular weight is 298 g/mol. The van der Waals surface area contributed by atoms with Gasteiger partial charge in [-0.2, -0.15) is 13.2 Å². The van der Waals surface area contributed by atoms with E-state index in [0.717, 1.165) is 0 Å². The molecular weight excluding hydrogens is 295 g/mol. The van der Waals surface area contributed by atoms with Crippen molar-refractivity contribution in [1.29, 1.82) is 0 Å². The Balaban J connectivity index is 3.32. The van der Waals surface area contributed by atoms with Crippen LogP contribution in [-0.4, -0.2) is 11.3 Å². The van der Waals surface area contributed by atoms with Crippen LogP contribution in [0.25, 0.3) is 0 Å². The van der Waals surface area contributed by atoms with Crippen LogP contribution in [0.5, 0.6) is 5.75 Å². The molecule has 0 aliphatic carbocycles. The Morgan fingerprint density at radius 2 is 1.72 bits per heavy atom. The van der Waals surface area contributed by atoms with Crippen LogP contribution in [0, 0.1) is 0 Å². The van der Waals surface area contributed by atoms with E-state index in [0.29, 0.717) is 0 Å². The topological polar surface area (TPSA) is 22.1 Å². The molecule has 0 aliphatic rings. The molecule has 1 rings (SSSR count). The van der Waals surface area contributed by atoms with Crippen LogP contribution in [0.4, 0.5) is 30.7 Å². The Morgan fingerprint density at radius 1 is 1.17 bits per heavy atom. The molecule has 18 heavy (non-hydrogen) atoms. The van der Waals surface area contributed by atoms with Crippen LogP contribution in [0.15, 0.2) is 6.07 Å². The van der Waals surface area contributed by atoms with Gasteiger partial charge in [0, 0.05) is 6.07 Å². The summed E-state index contributed by atoms with van der Waals surface area (Å²) >= 11 is 5.24. The summed E-state index contributed by atoms with van der Waals surface area (Å²) in [5, 5.41) is -0.956. The maximum Gasteiger partial charge on any atom is 0.573 e. The van der Waals surface area contributed by atoms with Gasteiger partial charge in [0.25, 0.3) is 0 Å². The molecule has 0 fully saturated rings. The lowest BCUT2D eigenvalue weighted by Gasteiger charge is -2.14. The van der Waals surface area contributed by atoms with E-state index < -0.39 is 41.4 Å². The van der Waals surface area contributed by atoms with Crippen molar-refractivity contribution in [1.82, 2.24) is 4.98 Å². The number of rotatable bonds is 2. The highest BCUT2D eigenvalue weighted by molar-refractivity contribution is 6.32. The molecule has 1 heterocycles. The molecular formula is C8H3ClF7NO. The van der Waals surface area contributed by atoms with Crippen LogP contribution in [-0.2, 0) is 12.9 Å². The molecule has 2 nitrogen and oxygen atoms in total. The van der Waals surface area contributed by atoms with Gasteiger partial charge >= 0.3 is 12.5 Å². The number of ether oxygens (including phenoxy) is 1. The van der Waals surface area contributed by atoms with Crippen molar-refractivity contribution >= 4 is 11.6 Å². The molecule has 0 N–H and O–H groups in total. The summed E-state index contributed by atoms with van der Waals surface area (Å²) in [6, 6.07) is -0.0466. The molecule has 0 spiro atoms. The monoisotopic (exact) mass is 297 g/mol. The second-order valence-electron chi connectivity index (χ2n) is 2.95. The van der Waals surface area contributed by atoms with Crippen molar-refractivity contribution in [3.05, 3.63) is 22.5 Å². The fourth-order valence-corrected chi connectivity index (χ4v) is 1.18. The molecule has 1 aromatic rings. The number of halogens is 8. The summed E-state index contributed by atoms with van der Waals surface area (Å²) in [4.78, 5) is 2.77. The summed E-state index contributed by atoms with van der Waals surface area (Å²) < 4.78 is 88.2. The number of hydrogen-bond donors (Lipinski definition) is 0. The van der Waals surface area contributed by atoms with Gasteiger partial charge in [0.15, 0.2) is 5.75 Å². The van der Waals surface area contributed by atoms with E-state index in [4.69, 9.17) is 11.6 Å². The van der Waals surface area contributed by atoms with Gasteiger partial charge in [-0.05, 0) is 0 Å². The molecule has 102 valence electrons. The van der Waals surface area contributed by atoms with E-state index >= 15 is 0 Å². The van der Waals surface area contributed by atoms with Crippen molar-refractivity contribution in [2.45, 2.75) is 19.2 Å². The van der Waals surface area contributed by atoms with Gasteiger partial charge in [-0.15, -0.1) is 13.2 Å². The Bertz CT molecular complexity index is 442. The summed E-state index contributed by atoms with van der Waals surface area (Å²) in [6.45, 7) is -1.56. The van der Waals surface area contributed by atoms with E-state index in [1.165, 1.54) is 0 Å². The van der Waals surface area contributed by atoms with Gasteiger partial charge in [-0.1, -0.05) is 11.6 Å². The van der Waals surface area contributed by atoms with Crippen LogP contribution in [0.3, 0.4) is 0 Å². The molecule has 0 amide bonds. The number of hydrogen-bond acceptors (Lipinski definition) is 2. The minimum absolute atomic E-state index is 0.0466. The molecule has 0 radical (unpaired) electrons. The van der Waals surface area contributed by atoms with E-state index in [2.05, 4.69) is 9.72 Å². The highest BCUT2D eigenvalue weighted by Crippen LogP contribution is 2.37. The number of pyridine rings is 1. The second-order valence-corrected chi connectivity index (χ2v) is 3.32. The Morgan fingerprint density at radius 3 is 2.11 bits per heavy atom. The van der Waals surface area contributed by atoms with Gasteiger partial charge in [-0.25, -0.2) is 9.37 Å². The van der Waals surface area contributed by atoms with Gasteiger partial charge < -0.3 is 4.74 Å². The largest absolute Gasteiger partial charge is 0.573 e. The molecule has 1 aromatic heterocycles. The minimum Gasteiger partial charge on any atom is -0.404 e. The van der Waals surface area contributed by atoms with Crippen LogP contribution < -0.4 is 4.74 Å². The maximum absolute atomic E-state index is 12.3. The van der Waals surface area contributed by atoms with Crippen LogP contribution >= 0.6 is 11.6 Å². The lowest BCUT2D eigenvalue weighted by molar-refractivity contribution is -0.274. The van der Waals surface area contributed by atoms with E-state index in [-0.39, 0.29) is 6.07 Å². The molecule has 0 unspecified atom stereocenters. The first-order valence-electron chi connectivity index (χ1n) is 4.13. The Labute approximate surface area is 100 Å². The lowest BCUT2D eigenvalue weighted by Crippen LogP contribution is -2.19. The first-order valence-corrected chi connectivity index (χ1v) is 4.50. The molecule has 10 heteroatoms. The highest BCUT2D eigenvalue weighted by atomic mass is 35.5. The third kappa shape index (κ3) is 3.62. The van der Waals surface area contributed by atoms with Crippen molar-refractivity contribution in [3.8, 4) is 5.75 Å². The number of aromatic nitrogens is 1. The summed E-state index contributed by atoms with van der Waals surface area (Å²) in [5.41, 5.74) is -2.70. The van der Waals surface area contributed by atoms with E-state index in [1.54, 1.807) is 0 Å². The van der Waals surface area contributed by atoms with Crippen LogP contribution in [0.2, 0.25) is 5.02 Å². The van der Waals surface area contributed by atoms with Crippen molar-refractivity contribution in [3.63, 3.8) is 0 Å². The van der Waals surface area contributed by atoms with Crippen molar-refractivity contribution in [2.75, 3.05) is 0 Å². The maximum atomic E-state index is 12.3. The Kier molecular flexibility index (Phi) is 3.94. The van der Waals surface area contributed by atoms with Gasteiger partial charge in [0.05, 0.1) is 5.69 Å². The first-order chi connectivity index (χ1) is 8.04. The van der Waals surface area contributed by atoms with Crippen molar-refractivity contribution in [2.24, 2.45) is 0 Å². The van der Waals surface area contributed by atoms with Gasteiger partial charge in [0.1, 0.15) is 17.4 Å². The summed E-state index contributed by atoms with van der Waals surface area (Å²) in [5.74, 6) is -1.35. The third-order valence-corrected chi connectivity index (χ3v) is 2.04. The minimum atomic E-state index is -5.25. The predicted octanol–water partition coefficient (Wildman–Crippen LogP) is 4.12. The van der Waals surface area contributed by atoms with Crippen LogP contribution in [0.1, 0.15) is 11.4 Å². The number of nitrogens with zero attached hydrogens (tertiary/aromatic N) is 1. The highest BCUT2D eigenvalue weighted by Gasteiger charge is 2.37. The Hall–Kier alpha value is -1.25. The third-order valence-electron chi connectivity index (χ3n) is 1.64. The smallest absolute Gasteiger partial charge is 0.404 e. The summed E-state index contributed by atoms with van der Waals surface area (Å²) in [7, 11) is 0. The molecule has 0 aromatic carbocycles. The fourth-order valence-electron chi connectivity index (χ4n) is 0.989. The first kappa shape index (κ1) is 14.8. The quantitative estimate of drug-likeness (QED) is 0.766. The summed E-state index contributed by atoms with van der Waals surface area (Å²) in [6.07, 6.45) is -10.3. The average Bonchev–Trinajstić information content (AvgIpc) is 2.17. The molecule has 0 saturated heterocycles. The second kappa shape index (κ2) is 4.79. The normalized spacial score (nSPS) is 12.7. The standard InChI is InChI=1S/C8H3ClF7NO/c9-6-3(2-10)17-5(7(11,12)13)1-4(6)18-8(14,15)16/h1H,2H2. The van der Waals surface area contributed by atoms with Gasteiger partial charge in [0.2, 0.25) is 0 Å². The van der Waals surface area contributed by atoms with E-state index in [1.807, 2.05) is 0 Å². The fraction of sp³-hybridized carbons (Fsp3) is 0.375. The van der Waals surface area contributed by atoms with Gasteiger partial charge in [-0.3, -0.25) is 0 Å². The molecule has 0 atom stereocenters. The molecule has 0 aliphatic heterocycles. The zero-order valence-electron chi connectivity index (χ0n) is 8.16. The zero-order chi connectivity index (χ0) is 14.1. The van der Waals surface area contributed by atoms with Crippen molar-refractivity contribution < 1.29 is 35.5 Å². The molecule has 0 bridgehead atoms.